The molecular weight excluding hydrogens is 186 g/mol. The Hall–Kier alpha value is -1.15. The highest BCUT2D eigenvalue weighted by atomic mass is 16.1. The van der Waals surface area contributed by atoms with E-state index in [0.29, 0.717) is 6.54 Å². The number of nitrogens with zero attached hydrogens (tertiary/aromatic N) is 1. The van der Waals surface area contributed by atoms with Gasteiger partial charge in [-0.05, 0) is 44.6 Å². The number of rotatable bonds is 4. The summed E-state index contributed by atoms with van der Waals surface area (Å²) in [5, 5.41) is 0. The van der Waals surface area contributed by atoms with Crippen LogP contribution < -0.4 is 0 Å². The van der Waals surface area contributed by atoms with Crippen molar-refractivity contribution in [3.05, 3.63) is 34.9 Å². The highest BCUT2D eigenvalue weighted by Gasteiger charge is 2.08. The Kier molecular flexibility index (Phi) is 4.04. The van der Waals surface area contributed by atoms with E-state index in [1.54, 1.807) is 0 Å². The fourth-order valence-electron chi connectivity index (χ4n) is 1.36. The second kappa shape index (κ2) is 5.08. The summed E-state index contributed by atoms with van der Waals surface area (Å²) in [5.74, 6) is 0.197. The fraction of sp³-hybridized carbons (Fsp3) is 0.462. The summed E-state index contributed by atoms with van der Waals surface area (Å²) in [6.07, 6.45) is 0. The maximum atomic E-state index is 11.8. The number of aryl methyl sites for hydroxylation is 2. The third kappa shape index (κ3) is 3.17. The van der Waals surface area contributed by atoms with Crippen molar-refractivity contribution in [3.8, 4) is 0 Å². The first-order valence-corrected chi connectivity index (χ1v) is 5.33. The quantitative estimate of drug-likeness (QED) is 0.704. The largest absolute Gasteiger partial charge is 0.299 e. The molecule has 0 aliphatic carbocycles. The molecule has 2 heteroatoms. The van der Waals surface area contributed by atoms with Gasteiger partial charge in [-0.15, -0.1) is 0 Å². The molecule has 1 aromatic carbocycles. The van der Waals surface area contributed by atoms with Crippen LogP contribution in [0.5, 0.6) is 0 Å². The number of carbonyl (C=O) groups excluding carboxylic acids is 1. The molecule has 0 fully saturated rings. The van der Waals surface area contributed by atoms with E-state index in [1.165, 1.54) is 11.1 Å². The van der Waals surface area contributed by atoms with Crippen molar-refractivity contribution < 1.29 is 4.79 Å². The Balaban J connectivity index is 2.78. The Morgan fingerprint density at radius 2 is 1.93 bits per heavy atom. The van der Waals surface area contributed by atoms with Gasteiger partial charge < -0.3 is 0 Å². The predicted octanol–water partition coefficient (Wildman–Crippen LogP) is 2.44. The molecule has 0 saturated carbocycles. The number of benzene rings is 1. The fourth-order valence-corrected chi connectivity index (χ4v) is 1.36. The SMILES string of the molecule is CCN(C)CC(=O)c1ccc(C)c(C)c1. The molecule has 0 atom stereocenters. The smallest absolute Gasteiger partial charge is 0.176 e. The predicted molar refractivity (Wildman–Crippen MR) is 63.4 cm³/mol. The van der Waals surface area contributed by atoms with E-state index in [-0.39, 0.29) is 5.78 Å². The van der Waals surface area contributed by atoms with E-state index in [9.17, 15) is 4.79 Å². The van der Waals surface area contributed by atoms with Crippen molar-refractivity contribution in [2.45, 2.75) is 20.8 Å². The molecule has 1 aromatic rings. The maximum Gasteiger partial charge on any atom is 0.176 e. The molecule has 0 spiro atoms. The van der Waals surface area contributed by atoms with E-state index in [2.05, 4.69) is 6.92 Å². The zero-order chi connectivity index (χ0) is 11.4. The van der Waals surface area contributed by atoms with E-state index >= 15 is 0 Å². The summed E-state index contributed by atoms with van der Waals surface area (Å²) in [6.45, 7) is 7.54. The van der Waals surface area contributed by atoms with Crippen LogP contribution in [0, 0.1) is 13.8 Å². The third-order valence-electron chi connectivity index (χ3n) is 2.78. The second-order valence-electron chi connectivity index (χ2n) is 4.05. The van der Waals surface area contributed by atoms with E-state index in [1.807, 2.05) is 44.0 Å². The van der Waals surface area contributed by atoms with E-state index in [0.717, 1.165) is 12.1 Å². The first-order chi connectivity index (χ1) is 7.04. The minimum Gasteiger partial charge on any atom is -0.299 e. The minimum absolute atomic E-state index is 0.197. The molecule has 15 heavy (non-hydrogen) atoms. The normalized spacial score (nSPS) is 10.7. The van der Waals surface area contributed by atoms with Crippen LogP contribution in [-0.4, -0.2) is 30.8 Å². The first-order valence-electron chi connectivity index (χ1n) is 5.33. The molecule has 0 radical (unpaired) electrons. The molecule has 0 bridgehead atoms. The molecule has 0 unspecified atom stereocenters. The molecule has 2 nitrogen and oxygen atoms in total. The zero-order valence-corrected chi connectivity index (χ0v) is 10.0. The highest BCUT2D eigenvalue weighted by Crippen LogP contribution is 2.10. The first kappa shape index (κ1) is 11.9. The molecule has 0 saturated heterocycles. The standard InChI is InChI=1S/C13H19NO/c1-5-14(4)9-13(15)12-7-6-10(2)11(3)8-12/h6-8H,5,9H2,1-4H3. The van der Waals surface area contributed by atoms with Gasteiger partial charge in [-0.3, -0.25) is 9.69 Å². The Bertz CT molecular complexity index is 358. The third-order valence-corrected chi connectivity index (χ3v) is 2.78. The van der Waals surface area contributed by atoms with Crippen LogP contribution in [0.1, 0.15) is 28.4 Å². The molecule has 0 aliphatic rings. The van der Waals surface area contributed by atoms with Gasteiger partial charge in [0.1, 0.15) is 0 Å². The Morgan fingerprint density at radius 1 is 1.27 bits per heavy atom. The summed E-state index contributed by atoms with van der Waals surface area (Å²) in [4.78, 5) is 13.8. The molecule has 82 valence electrons. The molecule has 0 aliphatic heterocycles. The maximum absolute atomic E-state index is 11.8. The van der Waals surface area contributed by atoms with Crippen molar-refractivity contribution in [1.29, 1.82) is 0 Å². The Labute approximate surface area is 91.9 Å². The summed E-state index contributed by atoms with van der Waals surface area (Å²) in [6, 6.07) is 5.89. The van der Waals surface area contributed by atoms with E-state index in [4.69, 9.17) is 0 Å². The van der Waals surface area contributed by atoms with Crippen LogP contribution in [0.2, 0.25) is 0 Å². The van der Waals surface area contributed by atoms with Crippen molar-refractivity contribution in [3.63, 3.8) is 0 Å². The van der Waals surface area contributed by atoms with Crippen LogP contribution >= 0.6 is 0 Å². The van der Waals surface area contributed by atoms with Crippen LogP contribution in [0.15, 0.2) is 18.2 Å². The topological polar surface area (TPSA) is 20.3 Å². The summed E-state index contributed by atoms with van der Waals surface area (Å²) < 4.78 is 0. The van der Waals surface area contributed by atoms with Crippen molar-refractivity contribution in [2.75, 3.05) is 20.1 Å². The van der Waals surface area contributed by atoms with Crippen LogP contribution in [0.4, 0.5) is 0 Å². The highest BCUT2D eigenvalue weighted by molar-refractivity contribution is 5.97. The molecule has 0 N–H and O–H groups in total. The lowest BCUT2D eigenvalue weighted by Crippen LogP contribution is -2.25. The van der Waals surface area contributed by atoms with Crippen LogP contribution in [0.3, 0.4) is 0 Å². The molecule has 0 heterocycles. The molecule has 1 rings (SSSR count). The lowest BCUT2D eigenvalue weighted by atomic mass is 10.0. The number of likely N-dealkylation sites (N-methyl/N-ethyl adjacent to an activating group) is 1. The number of Topliss-reactive ketones (excluding diaryl/α,β-unsaturated/α-hetero) is 1. The van der Waals surface area contributed by atoms with Gasteiger partial charge in [0.25, 0.3) is 0 Å². The number of hydrogen-bond acceptors (Lipinski definition) is 2. The van der Waals surface area contributed by atoms with E-state index < -0.39 is 0 Å². The monoisotopic (exact) mass is 205 g/mol. The Morgan fingerprint density at radius 3 is 2.47 bits per heavy atom. The van der Waals surface area contributed by atoms with Crippen LogP contribution in [0.25, 0.3) is 0 Å². The average Bonchev–Trinajstić information content (AvgIpc) is 2.21. The van der Waals surface area contributed by atoms with Gasteiger partial charge >= 0.3 is 0 Å². The summed E-state index contributed by atoms with van der Waals surface area (Å²) in [7, 11) is 1.96. The second-order valence-corrected chi connectivity index (χ2v) is 4.05. The lowest BCUT2D eigenvalue weighted by molar-refractivity contribution is 0.0949. The lowest BCUT2D eigenvalue weighted by Gasteiger charge is -2.13. The zero-order valence-electron chi connectivity index (χ0n) is 10.0. The summed E-state index contributed by atoms with van der Waals surface area (Å²) >= 11 is 0. The van der Waals surface area contributed by atoms with Crippen molar-refractivity contribution >= 4 is 5.78 Å². The minimum atomic E-state index is 0.197. The molecular formula is C13H19NO. The van der Waals surface area contributed by atoms with Gasteiger partial charge in [-0.1, -0.05) is 19.1 Å². The van der Waals surface area contributed by atoms with Gasteiger partial charge in [-0.2, -0.15) is 0 Å². The summed E-state index contributed by atoms with van der Waals surface area (Å²) in [5.41, 5.74) is 3.23. The van der Waals surface area contributed by atoms with Gasteiger partial charge in [-0.25, -0.2) is 0 Å². The van der Waals surface area contributed by atoms with Gasteiger partial charge in [0.15, 0.2) is 5.78 Å². The van der Waals surface area contributed by atoms with Gasteiger partial charge in [0.2, 0.25) is 0 Å². The van der Waals surface area contributed by atoms with Gasteiger partial charge in [0, 0.05) is 5.56 Å². The van der Waals surface area contributed by atoms with Gasteiger partial charge in [0.05, 0.1) is 6.54 Å². The van der Waals surface area contributed by atoms with Crippen LogP contribution in [-0.2, 0) is 0 Å². The number of carbonyl (C=O) groups is 1. The molecule has 0 aromatic heterocycles. The average molecular weight is 205 g/mol. The number of ketones is 1. The molecule has 0 amide bonds. The number of hydrogen-bond donors (Lipinski definition) is 0. The van der Waals surface area contributed by atoms with Crippen molar-refractivity contribution in [2.24, 2.45) is 0 Å². The van der Waals surface area contributed by atoms with Crippen molar-refractivity contribution in [1.82, 2.24) is 4.90 Å².